The number of carbonyl (C=O) groups is 1. The molecule has 6 nitrogen and oxygen atoms in total. The van der Waals surface area contributed by atoms with Gasteiger partial charge in [-0.05, 0) is 55.5 Å². The molecule has 138 valence electrons. The number of hydrogen-bond acceptors (Lipinski definition) is 4. The Labute approximate surface area is 151 Å². The van der Waals surface area contributed by atoms with Crippen molar-refractivity contribution < 1.29 is 22.3 Å². The maximum atomic E-state index is 12.9. The number of halogens is 1. The molecule has 8 heteroatoms. The first-order valence-electron chi connectivity index (χ1n) is 8.14. The molecule has 1 aliphatic heterocycles. The highest BCUT2D eigenvalue weighted by atomic mass is 32.2. The van der Waals surface area contributed by atoms with Crippen molar-refractivity contribution in [3.05, 3.63) is 59.9 Å². The minimum absolute atomic E-state index is 0.0211. The summed E-state index contributed by atoms with van der Waals surface area (Å²) in [5, 5.41) is 0. The second-order valence-corrected chi connectivity index (χ2v) is 7.75. The Hall–Kier alpha value is -2.45. The Kier molecular flexibility index (Phi) is 5.24. The molecule has 1 saturated heterocycles. The third kappa shape index (κ3) is 4.20. The van der Waals surface area contributed by atoms with Gasteiger partial charge in [-0.3, -0.25) is 9.52 Å². The first-order valence-corrected chi connectivity index (χ1v) is 9.63. The van der Waals surface area contributed by atoms with Gasteiger partial charge in [0.1, 0.15) is 5.82 Å². The number of anilines is 1. The van der Waals surface area contributed by atoms with Gasteiger partial charge in [0.05, 0.1) is 17.6 Å². The van der Waals surface area contributed by atoms with Crippen molar-refractivity contribution >= 4 is 21.6 Å². The molecule has 0 radical (unpaired) electrons. The number of nitrogens with one attached hydrogen (secondary N) is 1. The van der Waals surface area contributed by atoms with E-state index < -0.39 is 15.8 Å². The quantitative estimate of drug-likeness (QED) is 0.887. The molecule has 0 aromatic heterocycles. The number of amides is 1. The molecule has 2 aromatic carbocycles. The molecule has 26 heavy (non-hydrogen) atoms. The summed E-state index contributed by atoms with van der Waals surface area (Å²) in [6.07, 6.45) is -0.0211. The van der Waals surface area contributed by atoms with Crippen LogP contribution in [-0.4, -0.2) is 45.0 Å². The van der Waals surface area contributed by atoms with Crippen molar-refractivity contribution in [3.8, 4) is 0 Å². The average Bonchev–Trinajstić information content (AvgIpc) is 2.63. The van der Waals surface area contributed by atoms with E-state index in [0.29, 0.717) is 25.3 Å². The number of morpholine rings is 1. The minimum atomic E-state index is -3.82. The summed E-state index contributed by atoms with van der Waals surface area (Å²) in [5.74, 6) is -0.608. The molecule has 1 amide bonds. The molecule has 1 atom stereocenters. The Morgan fingerprint density at radius 3 is 2.42 bits per heavy atom. The van der Waals surface area contributed by atoms with E-state index >= 15 is 0 Å². The van der Waals surface area contributed by atoms with Gasteiger partial charge in [-0.1, -0.05) is 0 Å². The Bertz CT molecular complexity index is 882. The number of carbonyl (C=O) groups excluding carboxylic acids is 1. The third-order valence-corrected chi connectivity index (χ3v) is 5.43. The number of ether oxygens (including phenoxy) is 1. The predicted octanol–water partition coefficient (Wildman–Crippen LogP) is 2.49. The summed E-state index contributed by atoms with van der Waals surface area (Å²) < 4.78 is 45.5. The highest BCUT2D eigenvalue weighted by Crippen LogP contribution is 2.18. The van der Waals surface area contributed by atoms with E-state index in [0.717, 1.165) is 0 Å². The first kappa shape index (κ1) is 18.3. The van der Waals surface area contributed by atoms with E-state index in [1.54, 1.807) is 4.90 Å². The van der Waals surface area contributed by atoms with Gasteiger partial charge < -0.3 is 9.64 Å². The lowest BCUT2D eigenvalue weighted by Gasteiger charge is -2.31. The number of nitrogens with zero attached hydrogens (tertiary/aromatic N) is 1. The topological polar surface area (TPSA) is 75.7 Å². The molecular formula is C18H19FN2O4S. The molecule has 1 N–H and O–H groups in total. The van der Waals surface area contributed by atoms with Crippen LogP contribution in [0, 0.1) is 5.82 Å². The standard InChI is InChI=1S/C18H19FN2O4S/c1-13-12-21(10-11-25-13)18(22)14-2-8-17(9-3-14)26(23,24)20-16-6-4-15(19)5-7-16/h2-9,13,20H,10-12H2,1H3. The molecule has 1 heterocycles. The lowest BCUT2D eigenvalue weighted by Crippen LogP contribution is -2.44. The molecule has 0 bridgehead atoms. The van der Waals surface area contributed by atoms with Crippen LogP contribution < -0.4 is 4.72 Å². The van der Waals surface area contributed by atoms with E-state index in [2.05, 4.69) is 4.72 Å². The Balaban J connectivity index is 1.73. The van der Waals surface area contributed by atoms with E-state index in [1.807, 2.05) is 6.92 Å². The van der Waals surface area contributed by atoms with E-state index in [9.17, 15) is 17.6 Å². The van der Waals surface area contributed by atoms with Crippen LogP contribution in [0.5, 0.6) is 0 Å². The van der Waals surface area contributed by atoms with Gasteiger partial charge in [0.2, 0.25) is 0 Å². The summed E-state index contributed by atoms with van der Waals surface area (Å²) in [4.78, 5) is 14.2. The molecule has 1 fully saturated rings. The second-order valence-electron chi connectivity index (χ2n) is 6.07. The van der Waals surface area contributed by atoms with Crippen LogP contribution in [0.2, 0.25) is 0 Å². The smallest absolute Gasteiger partial charge is 0.261 e. The van der Waals surface area contributed by atoms with Crippen LogP contribution in [0.3, 0.4) is 0 Å². The van der Waals surface area contributed by atoms with Crippen molar-refractivity contribution in [2.75, 3.05) is 24.4 Å². The van der Waals surface area contributed by atoms with Crippen LogP contribution in [0.15, 0.2) is 53.4 Å². The van der Waals surface area contributed by atoms with Crippen molar-refractivity contribution in [2.45, 2.75) is 17.9 Å². The molecular weight excluding hydrogens is 359 g/mol. The molecule has 1 unspecified atom stereocenters. The fourth-order valence-electron chi connectivity index (χ4n) is 2.69. The van der Waals surface area contributed by atoms with Crippen LogP contribution >= 0.6 is 0 Å². The Morgan fingerprint density at radius 1 is 1.15 bits per heavy atom. The van der Waals surface area contributed by atoms with Crippen molar-refractivity contribution in [1.29, 1.82) is 0 Å². The van der Waals surface area contributed by atoms with Gasteiger partial charge in [-0.25, -0.2) is 12.8 Å². The fourth-order valence-corrected chi connectivity index (χ4v) is 3.75. The van der Waals surface area contributed by atoms with Gasteiger partial charge in [0.15, 0.2) is 0 Å². The molecule has 1 aliphatic rings. The molecule has 0 spiro atoms. The van der Waals surface area contributed by atoms with Crippen LogP contribution in [0.25, 0.3) is 0 Å². The molecule has 3 rings (SSSR count). The van der Waals surface area contributed by atoms with E-state index in [1.165, 1.54) is 48.5 Å². The second kappa shape index (κ2) is 7.43. The maximum absolute atomic E-state index is 12.9. The minimum Gasteiger partial charge on any atom is -0.375 e. The summed E-state index contributed by atoms with van der Waals surface area (Å²) in [6, 6.07) is 10.7. The maximum Gasteiger partial charge on any atom is 0.261 e. The summed E-state index contributed by atoms with van der Waals surface area (Å²) in [5.41, 5.74) is 0.675. The monoisotopic (exact) mass is 378 g/mol. The number of sulfonamides is 1. The number of hydrogen-bond donors (Lipinski definition) is 1. The molecule has 2 aromatic rings. The molecule has 0 aliphatic carbocycles. The summed E-state index contributed by atoms with van der Waals surface area (Å²) >= 11 is 0. The lowest BCUT2D eigenvalue weighted by molar-refractivity contribution is -0.0124. The largest absolute Gasteiger partial charge is 0.375 e. The van der Waals surface area contributed by atoms with E-state index in [-0.39, 0.29) is 22.6 Å². The van der Waals surface area contributed by atoms with Crippen LogP contribution in [0.4, 0.5) is 10.1 Å². The first-order chi connectivity index (χ1) is 12.3. The molecule has 0 saturated carbocycles. The van der Waals surface area contributed by atoms with Crippen LogP contribution in [0.1, 0.15) is 17.3 Å². The van der Waals surface area contributed by atoms with Crippen molar-refractivity contribution in [1.82, 2.24) is 4.90 Å². The highest BCUT2D eigenvalue weighted by Gasteiger charge is 2.23. The van der Waals surface area contributed by atoms with Gasteiger partial charge in [0, 0.05) is 24.3 Å². The lowest BCUT2D eigenvalue weighted by atomic mass is 10.2. The van der Waals surface area contributed by atoms with Gasteiger partial charge >= 0.3 is 0 Å². The normalized spacial score (nSPS) is 17.8. The highest BCUT2D eigenvalue weighted by molar-refractivity contribution is 7.92. The Morgan fingerprint density at radius 2 is 1.81 bits per heavy atom. The van der Waals surface area contributed by atoms with E-state index in [4.69, 9.17) is 4.74 Å². The zero-order valence-corrected chi connectivity index (χ0v) is 15.0. The number of rotatable bonds is 4. The van der Waals surface area contributed by atoms with Crippen molar-refractivity contribution in [2.24, 2.45) is 0 Å². The summed E-state index contributed by atoms with van der Waals surface area (Å²) in [6.45, 7) is 3.40. The summed E-state index contributed by atoms with van der Waals surface area (Å²) in [7, 11) is -3.82. The third-order valence-electron chi connectivity index (χ3n) is 4.04. The fraction of sp³-hybridized carbons (Fsp3) is 0.278. The zero-order valence-electron chi connectivity index (χ0n) is 14.2. The van der Waals surface area contributed by atoms with Gasteiger partial charge in [-0.2, -0.15) is 0 Å². The average molecular weight is 378 g/mol. The van der Waals surface area contributed by atoms with Crippen LogP contribution in [-0.2, 0) is 14.8 Å². The van der Waals surface area contributed by atoms with Gasteiger partial charge in [-0.15, -0.1) is 0 Å². The number of benzene rings is 2. The predicted molar refractivity (Wildman–Crippen MR) is 95.0 cm³/mol. The van der Waals surface area contributed by atoms with Crippen molar-refractivity contribution in [3.63, 3.8) is 0 Å². The van der Waals surface area contributed by atoms with Gasteiger partial charge in [0.25, 0.3) is 15.9 Å². The SMILES string of the molecule is CC1CN(C(=O)c2ccc(S(=O)(=O)Nc3ccc(F)cc3)cc2)CCO1. The zero-order chi connectivity index (χ0) is 18.7.